The summed E-state index contributed by atoms with van der Waals surface area (Å²) in [5, 5.41) is 3.43. The van der Waals surface area contributed by atoms with Gasteiger partial charge in [-0.05, 0) is 51.8 Å². The SMILES string of the molecule is CC(=O)C(Cc1ccc(NC(C)(C)C)cc1)N(CC(=O)C(C)(C)C)CC(=O)C(C)(C)C. The van der Waals surface area contributed by atoms with Crippen LogP contribution in [0.4, 0.5) is 5.69 Å². The normalized spacial score (nSPS) is 13.8. The predicted octanol–water partition coefficient (Wildman–Crippen LogP) is 4.93. The second-order valence-electron chi connectivity index (χ2n) is 11.7. The fourth-order valence-corrected chi connectivity index (χ4v) is 3.03. The molecule has 0 aliphatic heterocycles. The maximum Gasteiger partial charge on any atom is 0.152 e. The number of hydrogen-bond donors (Lipinski definition) is 1. The highest BCUT2D eigenvalue weighted by Gasteiger charge is 2.33. The molecule has 0 saturated carbocycles. The minimum absolute atomic E-state index is 0.0187. The Kier molecular flexibility index (Phi) is 8.78. The molecule has 0 spiro atoms. The van der Waals surface area contributed by atoms with Crippen LogP contribution in [0, 0.1) is 10.8 Å². The van der Waals surface area contributed by atoms with Gasteiger partial charge in [0.2, 0.25) is 0 Å². The van der Waals surface area contributed by atoms with E-state index in [0.29, 0.717) is 6.42 Å². The van der Waals surface area contributed by atoms with Crippen LogP contribution in [-0.4, -0.2) is 46.9 Å². The Hall–Kier alpha value is -2.01. The van der Waals surface area contributed by atoms with Crippen molar-refractivity contribution >= 4 is 23.0 Å². The first-order valence-corrected chi connectivity index (χ1v) is 11.1. The van der Waals surface area contributed by atoms with Crippen LogP contribution in [0.15, 0.2) is 24.3 Å². The molecule has 1 atom stereocenters. The average Bonchev–Trinajstić information content (AvgIpc) is 2.57. The lowest BCUT2D eigenvalue weighted by Gasteiger charge is -2.33. The van der Waals surface area contributed by atoms with Crippen molar-refractivity contribution in [3.05, 3.63) is 29.8 Å². The van der Waals surface area contributed by atoms with E-state index in [0.717, 1.165) is 11.3 Å². The van der Waals surface area contributed by atoms with Crippen molar-refractivity contribution in [1.29, 1.82) is 0 Å². The largest absolute Gasteiger partial charge is 0.380 e. The first kappa shape index (κ1) is 27.0. The molecule has 1 aromatic rings. The van der Waals surface area contributed by atoms with E-state index in [9.17, 15) is 14.4 Å². The monoisotopic (exact) mass is 430 g/mol. The van der Waals surface area contributed by atoms with Crippen molar-refractivity contribution < 1.29 is 14.4 Å². The number of carbonyl (C=O) groups is 3. The molecule has 0 saturated heterocycles. The molecular weight excluding hydrogens is 388 g/mol. The fourth-order valence-electron chi connectivity index (χ4n) is 3.03. The number of nitrogens with zero attached hydrogens (tertiary/aromatic N) is 1. The number of ketones is 3. The molecule has 0 fully saturated rings. The Balaban J connectivity index is 3.16. The van der Waals surface area contributed by atoms with Crippen molar-refractivity contribution in [2.75, 3.05) is 18.4 Å². The van der Waals surface area contributed by atoms with E-state index in [2.05, 4.69) is 26.1 Å². The molecule has 0 aliphatic rings. The summed E-state index contributed by atoms with van der Waals surface area (Å²) in [6, 6.07) is 7.48. The van der Waals surface area contributed by atoms with Gasteiger partial charge in [0.1, 0.15) is 5.78 Å². The maximum atomic E-state index is 12.8. The second kappa shape index (κ2) is 10.1. The fraction of sp³-hybridized carbons (Fsp3) is 0.654. The molecule has 1 rings (SSSR count). The Labute approximate surface area is 189 Å². The third kappa shape index (κ3) is 9.34. The number of hydrogen-bond acceptors (Lipinski definition) is 5. The van der Waals surface area contributed by atoms with Crippen LogP contribution < -0.4 is 5.32 Å². The lowest BCUT2D eigenvalue weighted by Crippen LogP contribution is -2.50. The summed E-state index contributed by atoms with van der Waals surface area (Å²) in [5.74, 6) is -0.00400. The van der Waals surface area contributed by atoms with E-state index in [1.807, 2.05) is 65.8 Å². The summed E-state index contributed by atoms with van der Waals surface area (Å²) in [6.07, 6.45) is 0.458. The Bertz CT molecular complexity index is 747. The van der Waals surface area contributed by atoms with E-state index in [4.69, 9.17) is 0 Å². The molecule has 0 aromatic heterocycles. The molecular formula is C26H42N2O3. The first-order chi connectivity index (χ1) is 13.9. The second-order valence-corrected chi connectivity index (χ2v) is 11.7. The molecule has 1 N–H and O–H groups in total. The van der Waals surface area contributed by atoms with Crippen molar-refractivity contribution in [1.82, 2.24) is 4.90 Å². The van der Waals surface area contributed by atoms with Gasteiger partial charge < -0.3 is 5.32 Å². The van der Waals surface area contributed by atoms with E-state index >= 15 is 0 Å². The zero-order chi connectivity index (χ0) is 24.2. The molecule has 0 amide bonds. The maximum absolute atomic E-state index is 12.8. The summed E-state index contributed by atoms with van der Waals surface area (Å²) in [5.41, 5.74) is 0.894. The van der Waals surface area contributed by atoms with Gasteiger partial charge in [-0.2, -0.15) is 0 Å². The minimum Gasteiger partial charge on any atom is -0.380 e. The summed E-state index contributed by atoms with van der Waals surface area (Å²) < 4.78 is 0. The van der Waals surface area contributed by atoms with Gasteiger partial charge in [0, 0.05) is 22.1 Å². The van der Waals surface area contributed by atoms with Gasteiger partial charge in [0.05, 0.1) is 19.1 Å². The predicted molar refractivity (Wildman–Crippen MR) is 128 cm³/mol. The summed E-state index contributed by atoms with van der Waals surface area (Å²) >= 11 is 0. The van der Waals surface area contributed by atoms with Crippen LogP contribution in [0.2, 0.25) is 0 Å². The van der Waals surface area contributed by atoms with E-state index in [1.54, 1.807) is 4.90 Å². The number of rotatable bonds is 9. The molecule has 0 aliphatic carbocycles. The molecule has 5 heteroatoms. The Morgan fingerprint density at radius 2 is 1.23 bits per heavy atom. The van der Waals surface area contributed by atoms with Gasteiger partial charge in [-0.15, -0.1) is 0 Å². The van der Waals surface area contributed by atoms with E-state index in [1.165, 1.54) is 6.92 Å². The van der Waals surface area contributed by atoms with Gasteiger partial charge in [-0.25, -0.2) is 0 Å². The van der Waals surface area contributed by atoms with Crippen LogP contribution in [0.3, 0.4) is 0 Å². The molecule has 1 unspecified atom stereocenters. The number of anilines is 1. The standard InChI is InChI=1S/C26H42N2O3/c1-18(29)21(15-19-11-13-20(14-12-19)27-26(8,9)10)28(16-22(30)24(2,3)4)17-23(31)25(5,6)7/h11-14,21,27H,15-17H2,1-10H3. The molecule has 0 radical (unpaired) electrons. The van der Waals surface area contributed by atoms with E-state index < -0.39 is 16.9 Å². The van der Waals surface area contributed by atoms with Gasteiger partial charge in [0.15, 0.2) is 11.6 Å². The van der Waals surface area contributed by atoms with Crippen LogP contribution >= 0.6 is 0 Å². The number of Topliss-reactive ketones (excluding diaryl/α,β-unsaturated/α-hetero) is 3. The van der Waals surface area contributed by atoms with Crippen LogP contribution in [0.1, 0.15) is 74.8 Å². The molecule has 5 nitrogen and oxygen atoms in total. The molecule has 174 valence electrons. The highest BCUT2D eigenvalue weighted by atomic mass is 16.1. The van der Waals surface area contributed by atoms with Crippen LogP contribution in [-0.2, 0) is 20.8 Å². The Morgan fingerprint density at radius 3 is 1.55 bits per heavy atom. The van der Waals surface area contributed by atoms with Gasteiger partial charge in [0.25, 0.3) is 0 Å². The van der Waals surface area contributed by atoms with Crippen LogP contribution in [0.25, 0.3) is 0 Å². The number of nitrogens with one attached hydrogen (secondary N) is 1. The quantitative estimate of drug-likeness (QED) is 0.602. The lowest BCUT2D eigenvalue weighted by atomic mass is 9.87. The summed E-state index contributed by atoms with van der Waals surface area (Å²) in [7, 11) is 0. The van der Waals surface area contributed by atoms with Crippen molar-refractivity contribution in [3.8, 4) is 0 Å². The van der Waals surface area contributed by atoms with Crippen LogP contribution in [0.5, 0.6) is 0 Å². The molecule has 0 bridgehead atoms. The van der Waals surface area contributed by atoms with Gasteiger partial charge in [-0.3, -0.25) is 19.3 Å². The average molecular weight is 431 g/mol. The molecule has 1 aromatic carbocycles. The summed E-state index contributed by atoms with van der Waals surface area (Å²) in [4.78, 5) is 40.0. The molecule has 0 heterocycles. The smallest absolute Gasteiger partial charge is 0.152 e. The van der Waals surface area contributed by atoms with E-state index in [-0.39, 0.29) is 36.0 Å². The third-order valence-corrected chi connectivity index (χ3v) is 5.18. The van der Waals surface area contributed by atoms with Crippen molar-refractivity contribution in [3.63, 3.8) is 0 Å². The summed E-state index contributed by atoms with van der Waals surface area (Å²) in [6.45, 7) is 19.2. The topological polar surface area (TPSA) is 66.5 Å². The van der Waals surface area contributed by atoms with Gasteiger partial charge >= 0.3 is 0 Å². The highest BCUT2D eigenvalue weighted by Crippen LogP contribution is 2.22. The van der Waals surface area contributed by atoms with Crippen molar-refractivity contribution in [2.24, 2.45) is 10.8 Å². The van der Waals surface area contributed by atoms with Crippen molar-refractivity contribution in [2.45, 2.75) is 87.2 Å². The third-order valence-electron chi connectivity index (χ3n) is 5.18. The van der Waals surface area contributed by atoms with Gasteiger partial charge in [-0.1, -0.05) is 53.7 Å². The highest BCUT2D eigenvalue weighted by molar-refractivity contribution is 5.90. The molecule has 31 heavy (non-hydrogen) atoms. The zero-order valence-electron chi connectivity index (χ0n) is 21.2. The number of carbonyl (C=O) groups excluding carboxylic acids is 3. The Morgan fingerprint density at radius 1 is 0.806 bits per heavy atom. The minimum atomic E-state index is -0.537. The first-order valence-electron chi connectivity index (χ1n) is 11.1. The zero-order valence-corrected chi connectivity index (χ0v) is 21.2. The number of benzene rings is 1. The lowest BCUT2D eigenvalue weighted by molar-refractivity contribution is -0.133.